The molecule has 0 saturated heterocycles. The second-order valence-corrected chi connectivity index (χ2v) is 9.52. The Morgan fingerprint density at radius 3 is 2.22 bits per heavy atom. The molecule has 0 heterocycles. The molecule has 11 nitrogen and oxygen atoms in total. The van der Waals surface area contributed by atoms with Crippen molar-refractivity contribution in [3.63, 3.8) is 0 Å². The van der Waals surface area contributed by atoms with Crippen molar-refractivity contribution in [3.05, 3.63) is 29.8 Å². The molecule has 0 aliphatic carbocycles. The van der Waals surface area contributed by atoms with E-state index in [1.165, 1.54) is 0 Å². The summed E-state index contributed by atoms with van der Waals surface area (Å²) in [6.07, 6.45) is 1.20. The van der Waals surface area contributed by atoms with Gasteiger partial charge in [-0.05, 0) is 42.9 Å². The zero-order valence-corrected chi connectivity index (χ0v) is 21.7. The van der Waals surface area contributed by atoms with E-state index in [4.69, 9.17) is 10.5 Å². The summed E-state index contributed by atoms with van der Waals surface area (Å²) in [7, 11) is 0. The molecule has 0 bridgehead atoms. The summed E-state index contributed by atoms with van der Waals surface area (Å²) in [5.74, 6) is -1.40. The van der Waals surface area contributed by atoms with Crippen LogP contribution in [0.15, 0.2) is 24.3 Å². The van der Waals surface area contributed by atoms with Crippen molar-refractivity contribution < 1.29 is 28.7 Å². The Bertz CT molecular complexity index is 901. The third-order valence-corrected chi connectivity index (χ3v) is 5.88. The number of ether oxygens (including phenoxy) is 1. The van der Waals surface area contributed by atoms with Gasteiger partial charge >= 0.3 is 6.03 Å². The van der Waals surface area contributed by atoms with E-state index in [0.717, 1.165) is 5.56 Å². The molecule has 6 N–H and O–H groups in total. The van der Waals surface area contributed by atoms with Crippen molar-refractivity contribution >= 4 is 35.9 Å². The third-order valence-electron chi connectivity index (χ3n) is 5.88. The number of urea groups is 1. The fourth-order valence-electron chi connectivity index (χ4n) is 3.12. The normalized spacial score (nSPS) is 12.7. The lowest BCUT2D eigenvalue weighted by molar-refractivity contribution is -0.136. The van der Waals surface area contributed by atoms with Crippen LogP contribution < -0.4 is 27.0 Å². The highest BCUT2D eigenvalue weighted by atomic mass is 16.5. The fraction of sp³-hybridized carbons (Fsp3) is 0.560. The molecule has 2 atom stereocenters. The van der Waals surface area contributed by atoms with Gasteiger partial charge in [0, 0.05) is 17.6 Å². The summed E-state index contributed by atoms with van der Waals surface area (Å²) in [5, 5.41) is 10.8. The molecule has 1 aromatic carbocycles. The molecule has 0 fully saturated rings. The minimum Gasteiger partial charge on any atom is -0.463 e. The van der Waals surface area contributed by atoms with Gasteiger partial charge in [0.25, 0.3) is 6.47 Å². The number of anilines is 1. The zero-order chi connectivity index (χ0) is 27.3. The average Bonchev–Trinajstić information content (AvgIpc) is 2.83. The number of hydrogen-bond donors (Lipinski definition) is 5. The smallest absolute Gasteiger partial charge is 0.312 e. The Hall–Kier alpha value is -3.63. The minimum atomic E-state index is -0.928. The Labute approximate surface area is 212 Å². The molecule has 1 aromatic rings. The topological polar surface area (TPSA) is 169 Å². The number of rotatable bonds is 15. The third kappa shape index (κ3) is 10.3. The van der Waals surface area contributed by atoms with E-state index in [1.54, 1.807) is 38.1 Å². The van der Waals surface area contributed by atoms with Crippen LogP contribution in [0.2, 0.25) is 0 Å². The standard InChI is InChI=1S/C25H39N5O6/c1-6-25(4,5)23(34)30-20(16(2)3)22(33)29-19(8-7-13-27-24(26)35)21(32)28-18-11-9-17(10-12-18)14-36-15-31/h9-12,15-16,19-20H,6-8,13-14H2,1-5H3,(H,28,32)(H,29,33)(H,30,34)(H3,26,27,35). The predicted octanol–water partition coefficient (Wildman–Crippen LogP) is 1.81. The Morgan fingerprint density at radius 1 is 1.06 bits per heavy atom. The molecule has 0 saturated carbocycles. The van der Waals surface area contributed by atoms with E-state index in [2.05, 4.69) is 21.3 Å². The van der Waals surface area contributed by atoms with E-state index < -0.39 is 35.3 Å². The number of amides is 5. The van der Waals surface area contributed by atoms with Gasteiger partial charge in [0.15, 0.2) is 0 Å². The summed E-state index contributed by atoms with van der Waals surface area (Å²) < 4.78 is 4.71. The van der Waals surface area contributed by atoms with Gasteiger partial charge < -0.3 is 31.7 Å². The van der Waals surface area contributed by atoms with Crippen molar-refractivity contribution in [1.82, 2.24) is 16.0 Å². The van der Waals surface area contributed by atoms with E-state index in [9.17, 15) is 24.0 Å². The van der Waals surface area contributed by atoms with Crippen LogP contribution in [0.25, 0.3) is 0 Å². The lowest BCUT2D eigenvalue weighted by Crippen LogP contribution is -2.56. The van der Waals surface area contributed by atoms with Crippen LogP contribution in [0.4, 0.5) is 10.5 Å². The van der Waals surface area contributed by atoms with Crippen molar-refractivity contribution in [2.24, 2.45) is 17.1 Å². The van der Waals surface area contributed by atoms with E-state index >= 15 is 0 Å². The maximum Gasteiger partial charge on any atom is 0.312 e. The lowest BCUT2D eigenvalue weighted by atomic mass is 9.88. The number of benzene rings is 1. The van der Waals surface area contributed by atoms with Gasteiger partial charge in [0.05, 0.1) is 0 Å². The summed E-state index contributed by atoms with van der Waals surface area (Å²) in [6.45, 7) is 9.82. The number of nitrogens with two attached hydrogens (primary N) is 1. The molecule has 36 heavy (non-hydrogen) atoms. The maximum atomic E-state index is 13.2. The van der Waals surface area contributed by atoms with Crippen LogP contribution in [0.3, 0.4) is 0 Å². The average molecular weight is 506 g/mol. The van der Waals surface area contributed by atoms with E-state index in [0.29, 0.717) is 25.0 Å². The number of primary amides is 1. The SMILES string of the molecule is CCC(C)(C)C(=O)NC(C(=O)NC(CCCNC(N)=O)C(=O)Nc1ccc(COC=O)cc1)C(C)C. The first-order valence-corrected chi connectivity index (χ1v) is 12.0. The summed E-state index contributed by atoms with van der Waals surface area (Å²) in [5.41, 5.74) is 5.68. The molecule has 0 aliphatic rings. The highest BCUT2D eigenvalue weighted by Gasteiger charge is 2.33. The fourth-order valence-corrected chi connectivity index (χ4v) is 3.12. The van der Waals surface area contributed by atoms with Gasteiger partial charge in [-0.2, -0.15) is 0 Å². The quantitative estimate of drug-likeness (QED) is 0.180. The summed E-state index contributed by atoms with van der Waals surface area (Å²) >= 11 is 0. The van der Waals surface area contributed by atoms with Crippen molar-refractivity contribution in [3.8, 4) is 0 Å². The van der Waals surface area contributed by atoms with Crippen LogP contribution in [-0.2, 0) is 30.5 Å². The number of carbonyl (C=O) groups is 5. The Kier molecular flexibility index (Phi) is 12.4. The van der Waals surface area contributed by atoms with Crippen LogP contribution in [0.5, 0.6) is 0 Å². The van der Waals surface area contributed by atoms with Gasteiger partial charge in [-0.3, -0.25) is 19.2 Å². The van der Waals surface area contributed by atoms with Crippen molar-refractivity contribution in [2.75, 3.05) is 11.9 Å². The monoisotopic (exact) mass is 505 g/mol. The first-order valence-electron chi connectivity index (χ1n) is 12.0. The molecule has 11 heteroatoms. The second-order valence-electron chi connectivity index (χ2n) is 9.52. The molecular formula is C25H39N5O6. The van der Waals surface area contributed by atoms with Gasteiger partial charge in [0.2, 0.25) is 17.7 Å². The zero-order valence-electron chi connectivity index (χ0n) is 21.7. The van der Waals surface area contributed by atoms with Crippen LogP contribution in [0.1, 0.15) is 59.4 Å². The molecule has 200 valence electrons. The number of carbonyl (C=O) groups excluding carboxylic acids is 5. The number of nitrogens with one attached hydrogen (secondary N) is 4. The highest BCUT2D eigenvalue weighted by Crippen LogP contribution is 2.20. The van der Waals surface area contributed by atoms with Gasteiger partial charge in [-0.15, -0.1) is 0 Å². The summed E-state index contributed by atoms with van der Waals surface area (Å²) in [6, 6.07) is 4.26. The molecule has 5 amide bonds. The Morgan fingerprint density at radius 2 is 1.69 bits per heavy atom. The van der Waals surface area contributed by atoms with Crippen LogP contribution >= 0.6 is 0 Å². The lowest BCUT2D eigenvalue weighted by Gasteiger charge is -2.29. The van der Waals surface area contributed by atoms with Crippen LogP contribution in [0, 0.1) is 11.3 Å². The largest absolute Gasteiger partial charge is 0.463 e. The first-order chi connectivity index (χ1) is 16.9. The molecule has 0 radical (unpaired) electrons. The maximum absolute atomic E-state index is 13.2. The van der Waals surface area contributed by atoms with Gasteiger partial charge in [-0.1, -0.05) is 46.8 Å². The second kappa shape index (κ2) is 14.7. The summed E-state index contributed by atoms with van der Waals surface area (Å²) in [4.78, 5) is 60.2. The molecule has 2 unspecified atom stereocenters. The molecule has 0 aromatic heterocycles. The first kappa shape index (κ1) is 30.4. The van der Waals surface area contributed by atoms with Crippen molar-refractivity contribution in [1.29, 1.82) is 0 Å². The van der Waals surface area contributed by atoms with E-state index in [1.807, 2.05) is 20.8 Å². The number of hydrogen-bond acceptors (Lipinski definition) is 6. The van der Waals surface area contributed by atoms with Crippen molar-refractivity contribution in [2.45, 2.75) is 72.6 Å². The van der Waals surface area contributed by atoms with Gasteiger partial charge in [-0.25, -0.2) is 4.79 Å². The molecule has 0 aliphatic heterocycles. The predicted molar refractivity (Wildman–Crippen MR) is 136 cm³/mol. The van der Waals surface area contributed by atoms with Gasteiger partial charge in [0.1, 0.15) is 18.7 Å². The molecule has 1 rings (SSSR count). The van der Waals surface area contributed by atoms with Crippen LogP contribution in [-0.4, -0.2) is 48.9 Å². The Balaban J connectivity index is 2.97. The molecule has 0 spiro atoms. The minimum absolute atomic E-state index is 0.112. The van der Waals surface area contributed by atoms with E-state index in [-0.39, 0.29) is 31.4 Å². The highest BCUT2D eigenvalue weighted by molar-refractivity contribution is 5.98. The molecular weight excluding hydrogens is 466 g/mol.